The summed E-state index contributed by atoms with van der Waals surface area (Å²) in [6.07, 6.45) is 0.118. The van der Waals surface area contributed by atoms with E-state index in [1.54, 1.807) is 25.6 Å². The first-order valence-electron chi connectivity index (χ1n) is 5.48. The van der Waals surface area contributed by atoms with E-state index >= 15 is 0 Å². The molecule has 0 amide bonds. The molecule has 1 aromatic heterocycles. The lowest BCUT2D eigenvalue weighted by Gasteiger charge is -2.19. The van der Waals surface area contributed by atoms with Gasteiger partial charge in [-0.2, -0.15) is 0 Å². The van der Waals surface area contributed by atoms with Crippen LogP contribution in [0.1, 0.15) is 23.4 Å². The molecule has 0 aliphatic heterocycles. The number of rotatable bonds is 7. The maximum absolute atomic E-state index is 5.30. The van der Waals surface area contributed by atoms with Crippen LogP contribution in [0.2, 0.25) is 0 Å². The van der Waals surface area contributed by atoms with Gasteiger partial charge in [-0.3, -0.25) is 0 Å². The van der Waals surface area contributed by atoms with E-state index in [4.69, 9.17) is 9.47 Å². The van der Waals surface area contributed by atoms with E-state index in [1.165, 1.54) is 10.4 Å². The lowest BCUT2D eigenvalue weighted by atomic mass is 10.2. The van der Waals surface area contributed by atoms with Gasteiger partial charge in [-0.1, -0.05) is 0 Å². The van der Waals surface area contributed by atoms with Crippen LogP contribution < -0.4 is 5.32 Å². The maximum Gasteiger partial charge on any atom is 0.0928 e. The van der Waals surface area contributed by atoms with Crippen LogP contribution in [0.5, 0.6) is 0 Å². The van der Waals surface area contributed by atoms with E-state index in [0.29, 0.717) is 12.6 Å². The van der Waals surface area contributed by atoms with Crippen molar-refractivity contribution in [3.05, 3.63) is 21.9 Å². The second-order valence-electron chi connectivity index (χ2n) is 3.91. The predicted molar refractivity (Wildman–Crippen MR) is 68.1 cm³/mol. The first-order valence-corrected chi connectivity index (χ1v) is 6.36. The first kappa shape index (κ1) is 13.6. The minimum absolute atomic E-state index is 0.118. The van der Waals surface area contributed by atoms with Gasteiger partial charge in [0.25, 0.3) is 0 Å². The Labute approximate surface area is 102 Å². The number of hydrogen-bond donors (Lipinski definition) is 1. The molecule has 0 saturated heterocycles. The molecule has 1 heterocycles. The molecule has 1 aromatic rings. The van der Waals surface area contributed by atoms with Crippen LogP contribution in [-0.2, 0) is 9.47 Å². The fourth-order valence-corrected chi connectivity index (χ4v) is 2.59. The monoisotopic (exact) mass is 243 g/mol. The lowest BCUT2D eigenvalue weighted by molar-refractivity contribution is 0.0277. The molecule has 0 radical (unpaired) electrons. The van der Waals surface area contributed by atoms with Crippen molar-refractivity contribution in [1.82, 2.24) is 5.32 Å². The van der Waals surface area contributed by atoms with Crippen LogP contribution in [0, 0.1) is 6.92 Å². The summed E-state index contributed by atoms with van der Waals surface area (Å²) in [6.45, 7) is 5.76. The van der Waals surface area contributed by atoms with Crippen LogP contribution in [-0.4, -0.2) is 33.5 Å². The van der Waals surface area contributed by atoms with E-state index in [-0.39, 0.29) is 6.10 Å². The number of nitrogens with one attached hydrogen (secondary N) is 1. The Balaban J connectivity index is 2.40. The largest absolute Gasteiger partial charge is 0.382 e. The molecule has 16 heavy (non-hydrogen) atoms. The maximum atomic E-state index is 5.30. The van der Waals surface area contributed by atoms with E-state index < -0.39 is 0 Å². The van der Waals surface area contributed by atoms with Gasteiger partial charge in [0, 0.05) is 31.7 Å². The molecule has 0 fully saturated rings. The Morgan fingerprint density at radius 1 is 1.44 bits per heavy atom. The SMILES string of the molecule is COCC(CNC(C)c1sccc1C)OC. The van der Waals surface area contributed by atoms with Crippen LogP contribution in [0.25, 0.3) is 0 Å². The molecule has 0 saturated carbocycles. The summed E-state index contributed by atoms with van der Waals surface area (Å²) in [5.74, 6) is 0. The molecule has 0 aliphatic rings. The third-order valence-electron chi connectivity index (χ3n) is 2.63. The highest BCUT2D eigenvalue weighted by atomic mass is 32.1. The predicted octanol–water partition coefficient (Wildman–Crippen LogP) is 2.37. The van der Waals surface area contributed by atoms with Gasteiger partial charge in [0.1, 0.15) is 0 Å². The highest BCUT2D eigenvalue weighted by molar-refractivity contribution is 7.10. The summed E-state index contributed by atoms with van der Waals surface area (Å²) in [6, 6.07) is 2.52. The van der Waals surface area contributed by atoms with Gasteiger partial charge < -0.3 is 14.8 Å². The number of thiophene rings is 1. The second-order valence-corrected chi connectivity index (χ2v) is 4.86. The van der Waals surface area contributed by atoms with E-state index in [1.807, 2.05) is 0 Å². The van der Waals surface area contributed by atoms with Crippen molar-refractivity contribution in [2.24, 2.45) is 0 Å². The average Bonchev–Trinajstić information content (AvgIpc) is 2.70. The second kappa shape index (κ2) is 7.01. The van der Waals surface area contributed by atoms with Crippen molar-refractivity contribution in [3.63, 3.8) is 0 Å². The highest BCUT2D eigenvalue weighted by Gasteiger charge is 2.12. The smallest absolute Gasteiger partial charge is 0.0928 e. The molecule has 4 heteroatoms. The molecule has 2 atom stereocenters. The highest BCUT2D eigenvalue weighted by Crippen LogP contribution is 2.23. The zero-order valence-electron chi connectivity index (χ0n) is 10.4. The Morgan fingerprint density at radius 3 is 2.69 bits per heavy atom. The van der Waals surface area contributed by atoms with Crippen molar-refractivity contribution in [2.75, 3.05) is 27.4 Å². The quantitative estimate of drug-likeness (QED) is 0.797. The fraction of sp³-hybridized carbons (Fsp3) is 0.667. The minimum atomic E-state index is 0.118. The number of aryl methyl sites for hydroxylation is 1. The van der Waals surface area contributed by atoms with Crippen LogP contribution in [0.4, 0.5) is 0 Å². The zero-order valence-corrected chi connectivity index (χ0v) is 11.3. The van der Waals surface area contributed by atoms with Crippen LogP contribution in [0.15, 0.2) is 11.4 Å². The molecule has 0 bridgehead atoms. The summed E-state index contributed by atoms with van der Waals surface area (Å²) in [7, 11) is 3.41. The Bertz CT molecular complexity index is 301. The zero-order chi connectivity index (χ0) is 12.0. The molecule has 1 N–H and O–H groups in total. The summed E-state index contributed by atoms with van der Waals surface area (Å²) in [5.41, 5.74) is 1.35. The van der Waals surface area contributed by atoms with Gasteiger partial charge >= 0.3 is 0 Å². The van der Waals surface area contributed by atoms with Gasteiger partial charge in [0.15, 0.2) is 0 Å². The molecular weight excluding hydrogens is 222 g/mol. The van der Waals surface area contributed by atoms with Crippen molar-refractivity contribution in [3.8, 4) is 0 Å². The molecule has 3 nitrogen and oxygen atoms in total. The Morgan fingerprint density at radius 2 is 2.19 bits per heavy atom. The van der Waals surface area contributed by atoms with E-state index in [2.05, 4.69) is 30.6 Å². The van der Waals surface area contributed by atoms with Crippen LogP contribution in [0.3, 0.4) is 0 Å². The van der Waals surface area contributed by atoms with Gasteiger partial charge in [-0.25, -0.2) is 0 Å². The van der Waals surface area contributed by atoms with Gasteiger partial charge in [-0.05, 0) is 30.9 Å². The van der Waals surface area contributed by atoms with Crippen molar-refractivity contribution in [2.45, 2.75) is 26.0 Å². The lowest BCUT2D eigenvalue weighted by Crippen LogP contribution is -2.33. The van der Waals surface area contributed by atoms with Crippen molar-refractivity contribution in [1.29, 1.82) is 0 Å². The van der Waals surface area contributed by atoms with E-state index in [0.717, 1.165) is 6.54 Å². The summed E-state index contributed by atoms with van der Waals surface area (Å²) < 4.78 is 10.4. The van der Waals surface area contributed by atoms with Crippen molar-refractivity contribution < 1.29 is 9.47 Å². The standard InChI is InChI=1S/C12H21NO2S/c1-9-5-6-16-12(9)10(2)13-7-11(15-4)8-14-3/h5-6,10-11,13H,7-8H2,1-4H3. The fourth-order valence-electron chi connectivity index (χ4n) is 1.63. The first-order chi connectivity index (χ1) is 7.69. The average molecular weight is 243 g/mol. The summed E-state index contributed by atoms with van der Waals surface area (Å²) >= 11 is 1.80. The molecular formula is C12H21NO2S. The number of methoxy groups -OCH3 is 2. The van der Waals surface area contributed by atoms with Gasteiger partial charge in [0.05, 0.1) is 12.7 Å². The summed E-state index contributed by atoms with van der Waals surface area (Å²) in [5, 5.41) is 5.60. The van der Waals surface area contributed by atoms with Gasteiger partial charge in [-0.15, -0.1) is 11.3 Å². The van der Waals surface area contributed by atoms with Crippen molar-refractivity contribution >= 4 is 11.3 Å². The molecule has 0 aliphatic carbocycles. The topological polar surface area (TPSA) is 30.5 Å². The number of ether oxygens (including phenoxy) is 2. The van der Waals surface area contributed by atoms with Crippen LogP contribution >= 0.6 is 11.3 Å². The Kier molecular flexibility index (Phi) is 5.98. The van der Waals surface area contributed by atoms with E-state index in [9.17, 15) is 0 Å². The third kappa shape index (κ3) is 3.87. The molecule has 1 rings (SSSR count). The van der Waals surface area contributed by atoms with Gasteiger partial charge in [0.2, 0.25) is 0 Å². The Hall–Kier alpha value is -0.420. The number of hydrogen-bond acceptors (Lipinski definition) is 4. The molecule has 92 valence electrons. The molecule has 0 aromatic carbocycles. The summed E-state index contributed by atoms with van der Waals surface area (Å²) in [4.78, 5) is 1.40. The molecule has 0 spiro atoms. The normalized spacial score (nSPS) is 15.0. The minimum Gasteiger partial charge on any atom is -0.382 e. The molecule has 2 unspecified atom stereocenters. The third-order valence-corrected chi connectivity index (χ3v) is 3.83.